The van der Waals surface area contributed by atoms with Gasteiger partial charge >= 0.3 is 33.6 Å². The lowest BCUT2D eigenvalue weighted by Crippen LogP contribution is -2.30. The Bertz CT molecular complexity index is 1920. The highest BCUT2D eigenvalue weighted by Crippen LogP contribution is 2.45. The summed E-state index contributed by atoms with van der Waals surface area (Å²) in [6.07, 6.45) is 68.2. The molecule has 89 heavy (non-hydrogen) atoms. The van der Waals surface area contributed by atoms with Gasteiger partial charge in [-0.2, -0.15) is 0 Å². The van der Waals surface area contributed by atoms with E-state index in [1.165, 1.54) is 122 Å². The maximum atomic E-state index is 12.9. The highest BCUT2D eigenvalue weighted by Gasteiger charge is 2.29. The Labute approximate surface area is 541 Å². The van der Waals surface area contributed by atoms with Crippen LogP contribution in [0.15, 0.2) is 72.9 Å². The number of hydrogen-bond donors (Lipinski definition) is 4. The first-order chi connectivity index (χ1) is 43.2. The zero-order valence-electron chi connectivity index (χ0n) is 56.1. The maximum absolute atomic E-state index is 12.9. The number of allylic oxidation sites excluding steroid dienone is 12. The fourth-order valence-corrected chi connectivity index (χ4v) is 11.1. The Morgan fingerprint density at radius 2 is 0.596 bits per heavy atom. The van der Waals surface area contributed by atoms with Crippen LogP contribution >= 0.6 is 15.6 Å². The number of esters is 3. The first-order valence-electron chi connectivity index (χ1n) is 35.2. The average molecular weight is 1300 g/mol. The minimum Gasteiger partial charge on any atom is -0.463 e. The minimum absolute atomic E-state index is 0.109. The Hall–Kier alpha value is -3.01. The molecule has 0 rings (SSSR count). The predicted octanol–water partition coefficient (Wildman–Crippen LogP) is 19.5. The lowest BCUT2D eigenvalue weighted by Gasteiger charge is -2.21. The number of unbranched alkanes of at least 4 members (excludes halogenated alkanes) is 32. The van der Waals surface area contributed by atoms with E-state index in [1.54, 1.807) is 0 Å². The van der Waals surface area contributed by atoms with Gasteiger partial charge in [-0.1, -0.05) is 267 Å². The molecule has 0 aromatic carbocycles. The number of phosphoric acid groups is 2. The van der Waals surface area contributed by atoms with Crippen molar-refractivity contribution in [1.29, 1.82) is 0 Å². The molecule has 0 aliphatic rings. The number of carbonyl (C=O) groups is 3. The molecule has 0 aliphatic carbocycles. The van der Waals surface area contributed by atoms with E-state index in [9.17, 15) is 43.5 Å². The van der Waals surface area contributed by atoms with Gasteiger partial charge in [-0.25, -0.2) is 9.13 Å². The molecular formula is C71H128O16P2. The van der Waals surface area contributed by atoms with E-state index in [2.05, 4.69) is 93.7 Å². The van der Waals surface area contributed by atoms with Gasteiger partial charge in [-0.3, -0.25) is 32.5 Å². The Morgan fingerprint density at radius 1 is 0.326 bits per heavy atom. The second kappa shape index (κ2) is 65.1. The normalized spacial score (nSPS) is 14.6. The summed E-state index contributed by atoms with van der Waals surface area (Å²) in [5.41, 5.74) is 0. The SMILES string of the molecule is CC/C=C\C/C=C\C/C=C\C/C=C\C/C=C\CCCCCCCCCCCCCC(=O)OCC(O)COP(=O)(O)OCC(O)COP(=O)(O)OCC(COC(=O)CCCCCCC/C=C\CCCCCC)OC(=O)CCCCCCCCCCCCCCC. The van der Waals surface area contributed by atoms with Crippen molar-refractivity contribution in [2.24, 2.45) is 0 Å². The molecule has 0 bridgehead atoms. The van der Waals surface area contributed by atoms with Gasteiger partial charge in [0.05, 0.1) is 26.4 Å². The van der Waals surface area contributed by atoms with Crippen LogP contribution in [0.4, 0.5) is 0 Å². The van der Waals surface area contributed by atoms with E-state index >= 15 is 0 Å². The largest absolute Gasteiger partial charge is 0.472 e. The van der Waals surface area contributed by atoms with E-state index in [4.69, 9.17) is 32.3 Å². The quantitative estimate of drug-likeness (QED) is 0.0146. The van der Waals surface area contributed by atoms with Crippen LogP contribution in [0.1, 0.15) is 303 Å². The Balaban J connectivity index is 4.45. The average Bonchev–Trinajstić information content (AvgIpc) is 3.55. The third-order valence-electron chi connectivity index (χ3n) is 14.9. The molecular weight excluding hydrogens is 1170 g/mol. The van der Waals surface area contributed by atoms with Crippen LogP contribution in [-0.4, -0.2) is 95.9 Å². The lowest BCUT2D eigenvalue weighted by molar-refractivity contribution is -0.161. The summed E-state index contributed by atoms with van der Waals surface area (Å²) in [6, 6.07) is 0. The van der Waals surface area contributed by atoms with Crippen LogP contribution in [0, 0.1) is 0 Å². The van der Waals surface area contributed by atoms with Crippen molar-refractivity contribution in [2.45, 2.75) is 322 Å². The number of aliphatic hydroxyl groups excluding tert-OH is 2. The summed E-state index contributed by atoms with van der Waals surface area (Å²) in [7, 11) is -9.76. The molecule has 0 saturated heterocycles. The van der Waals surface area contributed by atoms with E-state index in [-0.39, 0.29) is 19.3 Å². The Morgan fingerprint density at radius 3 is 0.966 bits per heavy atom. The predicted molar refractivity (Wildman–Crippen MR) is 362 cm³/mol. The molecule has 0 radical (unpaired) electrons. The molecule has 16 nitrogen and oxygen atoms in total. The molecule has 5 atom stereocenters. The third kappa shape index (κ3) is 66.3. The molecule has 0 spiro atoms. The van der Waals surface area contributed by atoms with Crippen LogP contribution < -0.4 is 0 Å². The first-order valence-corrected chi connectivity index (χ1v) is 38.2. The zero-order chi connectivity index (χ0) is 65.3. The maximum Gasteiger partial charge on any atom is 0.472 e. The molecule has 18 heteroatoms. The number of ether oxygens (including phenoxy) is 3. The van der Waals surface area contributed by atoms with Crippen LogP contribution in [-0.2, 0) is 55.8 Å². The minimum atomic E-state index is -4.91. The molecule has 0 amide bonds. The summed E-state index contributed by atoms with van der Waals surface area (Å²) >= 11 is 0. The van der Waals surface area contributed by atoms with Gasteiger partial charge in [0.1, 0.15) is 25.4 Å². The highest BCUT2D eigenvalue weighted by molar-refractivity contribution is 7.47. The monoisotopic (exact) mass is 1300 g/mol. The standard InChI is InChI=1S/C71H128O16P2/c1-4-7-10-13-16-19-22-25-26-27-28-29-30-31-32-33-34-35-36-37-38-41-43-45-48-51-54-57-69(74)81-60-66(72)61-83-88(77,78)84-62-67(73)63-85-89(79,80)86-65-68(87-71(76)59-56-53-50-47-44-40-24-21-18-15-12-9-6-3)64-82-70(75)58-55-52-49-46-42-39-23-20-17-14-11-8-5-2/h7,10,16,19-20,23,25-26,28-29,31-32,66-68,72-73H,4-6,8-9,11-15,17-18,21-22,24,27,30,33-65H2,1-3H3,(H,77,78)(H,79,80)/b10-7-,19-16-,23-20-,26-25-,29-28-,32-31-. The number of phosphoric ester groups is 2. The third-order valence-corrected chi connectivity index (χ3v) is 16.8. The van der Waals surface area contributed by atoms with Gasteiger partial charge in [-0.05, 0) is 89.9 Å². The fourth-order valence-electron chi connectivity index (χ4n) is 9.53. The molecule has 0 fully saturated rings. The van der Waals surface area contributed by atoms with Crippen LogP contribution in [0.3, 0.4) is 0 Å². The topological polar surface area (TPSA) is 231 Å². The fraction of sp³-hybridized carbons (Fsp3) is 0.789. The van der Waals surface area contributed by atoms with Gasteiger partial charge in [0.2, 0.25) is 0 Å². The van der Waals surface area contributed by atoms with E-state index < -0.39 is 91.5 Å². The van der Waals surface area contributed by atoms with E-state index in [0.717, 1.165) is 122 Å². The van der Waals surface area contributed by atoms with Crippen molar-refractivity contribution >= 4 is 33.6 Å². The number of aliphatic hydroxyl groups is 2. The molecule has 518 valence electrons. The lowest BCUT2D eigenvalue weighted by atomic mass is 10.0. The first kappa shape index (κ1) is 86.0. The molecule has 0 aromatic heterocycles. The second-order valence-corrected chi connectivity index (χ2v) is 26.6. The van der Waals surface area contributed by atoms with Crippen LogP contribution in [0.2, 0.25) is 0 Å². The van der Waals surface area contributed by atoms with Gasteiger partial charge in [0, 0.05) is 19.3 Å². The zero-order valence-corrected chi connectivity index (χ0v) is 57.9. The van der Waals surface area contributed by atoms with Gasteiger partial charge < -0.3 is 34.2 Å². The molecule has 4 N–H and O–H groups in total. The van der Waals surface area contributed by atoms with Gasteiger partial charge in [-0.15, -0.1) is 0 Å². The molecule has 0 saturated carbocycles. The van der Waals surface area contributed by atoms with E-state index in [1.807, 2.05) is 0 Å². The van der Waals surface area contributed by atoms with Crippen molar-refractivity contribution in [1.82, 2.24) is 0 Å². The van der Waals surface area contributed by atoms with Crippen LogP contribution in [0.25, 0.3) is 0 Å². The molecule has 0 heterocycles. The second-order valence-electron chi connectivity index (χ2n) is 23.7. The van der Waals surface area contributed by atoms with Crippen molar-refractivity contribution < 1.29 is 75.8 Å². The van der Waals surface area contributed by atoms with Crippen molar-refractivity contribution in [3.8, 4) is 0 Å². The molecule has 5 unspecified atom stereocenters. The number of rotatable bonds is 67. The summed E-state index contributed by atoms with van der Waals surface area (Å²) in [4.78, 5) is 58.3. The smallest absolute Gasteiger partial charge is 0.463 e. The molecule has 0 aromatic rings. The number of hydrogen-bond acceptors (Lipinski definition) is 14. The van der Waals surface area contributed by atoms with Gasteiger partial charge in [0.15, 0.2) is 6.10 Å². The summed E-state index contributed by atoms with van der Waals surface area (Å²) in [5.74, 6) is -1.57. The van der Waals surface area contributed by atoms with Crippen LogP contribution in [0.5, 0.6) is 0 Å². The summed E-state index contributed by atoms with van der Waals surface area (Å²) in [5, 5.41) is 20.5. The summed E-state index contributed by atoms with van der Waals surface area (Å²) in [6.45, 7) is 2.55. The Kier molecular flexibility index (Phi) is 62.9. The van der Waals surface area contributed by atoms with Crippen molar-refractivity contribution in [3.63, 3.8) is 0 Å². The number of carbonyl (C=O) groups excluding carboxylic acids is 3. The van der Waals surface area contributed by atoms with Gasteiger partial charge in [0.25, 0.3) is 0 Å². The van der Waals surface area contributed by atoms with E-state index in [0.29, 0.717) is 19.3 Å². The molecule has 0 aliphatic heterocycles. The van der Waals surface area contributed by atoms with Crippen molar-refractivity contribution in [3.05, 3.63) is 72.9 Å². The van der Waals surface area contributed by atoms with Crippen molar-refractivity contribution in [2.75, 3.05) is 39.6 Å². The highest BCUT2D eigenvalue weighted by atomic mass is 31.2. The summed E-state index contributed by atoms with van der Waals surface area (Å²) < 4.78 is 60.9.